The van der Waals surface area contributed by atoms with Crippen molar-refractivity contribution in [2.75, 3.05) is 18.4 Å². The second-order valence-electron chi connectivity index (χ2n) is 5.82. The van der Waals surface area contributed by atoms with Gasteiger partial charge in [-0.15, -0.1) is 0 Å². The molecule has 0 radical (unpaired) electrons. The van der Waals surface area contributed by atoms with Gasteiger partial charge in [0.1, 0.15) is 0 Å². The molecule has 0 spiro atoms. The highest BCUT2D eigenvalue weighted by Crippen LogP contribution is 2.28. The fourth-order valence-electron chi connectivity index (χ4n) is 2.28. The molecule has 1 aromatic rings. The molecule has 2 rings (SSSR count). The van der Waals surface area contributed by atoms with E-state index in [9.17, 15) is 4.79 Å². The first kappa shape index (κ1) is 14.0. The van der Waals surface area contributed by atoms with E-state index in [1.807, 2.05) is 37.3 Å². The number of anilines is 1. The SMILES string of the molecule is CC(C(=O)Nc1ccccc1)N1CC(N)(C(C)C)C1. The Labute approximate surface area is 115 Å². The molecule has 0 saturated carbocycles. The quantitative estimate of drug-likeness (QED) is 0.867. The molecule has 1 saturated heterocycles. The number of nitrogens with two attached hydrogens (primary N) is 1. The van der Waals surface area contributed by atoms with E-state index in [1.54, 1.807) is 0 Å². The molecule has 1 unspecified atom stereocenters. The molecular formula is C15H23N3O. The Morgan fingerprint density at radius 3 is 2.37 bits per heavy atom. The van der Waals surface area contributed by atoms with E-state index >= 15 is 0 Å². The van der Waals surface area contributed by atoms with Gasteiger partial charge in [-0.25, -0.2) is 0 Å². The lowest BCUT2D eigenvalue weighted by Gasteiger charge is -2.52. The van der Waals surface area contributed by atoms with Gasteiger partial charge < -0.3 is 11.1 Å². The maximum Gasteiger partial charge on any atom is 0.241 e. The average molecular weight is 261 g/mol. The minimum atomic E-state index is -0.143. The van der Waals surface area contributed by atoms with Gasteiger partial charge in [0.2, 0.25) is 5.91 Å². The van der Waals surface area contributed by atoms with Gasteiger partial charge >= 0.3 is 0 Å². The summed E-state index contributed by atoms with van der Waals surface area (Å²) >= 11 is 0. The largest absolute Gasteiger partial charge is 0.325 e. The Morgan fingerprint density at radius 1 is 1.26 bits per heavy atom. The first-order valence-corrected chi connectivity index (χ1v) is 6.81. The number of benzene rings is 1. The zero-order valence-corrected chi connectivity index (χ0v) is 11.9. The average Bonchev–Trinajstić information content (AvgIpc) is 2.35. The number of nitrogens with zero attached hydrogens (tertiary/aromatic N) is 1. The van der Waals surface area contributed by atoms with Crippen molar-refractivity contribution >= 4 is 11.6 Å². The van der Waals surface area contributed by atoms with Crippen molar-refractivity contribution < 1.29 is 4.79 Å². The van der Waals surface area contributed by atoms with Crippen molar-refractivity contribution in [2.24, 2.45) is 11.7 Å². The second kappa shape index (κ2) is 5.31. The lowest BCUT2D eigenvalue weighted by molar-refractivity contribution is -0.124. The lowest BCUT2D eigenvalue weighted by Crippen LogP contribution is -2.72. The summed E-state index contributed by atoms with van der Waals surface area (Å²) in [5.74, 6) is 0.463. The van der Waals surface area contributed by atoms with Crippen LogP contribution in [-0.2, 0) is 4.79 Å². The van der Waals surface area contributed by atoms with Crippen LogP contribution in [0.1, 0.15) is 20.8 Å². The summed E-state index contributed by atoms with van der Waals surface area (Å²) in [6.07, 6.45) is 0. The fourth-order valence-corrected chi connectivity index (χ4v) is 2.28. The summed E-state index contributed by atoms with van der Waals surface area (Å²) in [6, 6.07) is 9.39. The molecule has 1 amide bonds. The second-order valence-corrected chi connectivity index (χ2v) is 5.82. The molecule has 1 aliphatic heterocycles. The number of carbonyl (C=O) groups is 1. The Bertz CT molecular complexity index is 438. The Balaban J connectivity index is 1.88. The van der Waals surface area contributed by atoms with Gasteiger partial charge in [-0.2, -0.15) is 0 Å². The highest BCUT2D eigenvalue weighted by atomic mass is 16.2. The number of rotatable bonds is 4. The Kier molecular flexibility index (Phi) is 3.92. The number of hydrogen-bond donors (Lipinski definition) is 2. The van der Waals surface area contributed by atoms with Crippen LogP contribution in [0.3, 0.4) is 0 Å². The van der Waals surface area contributed by atoms with E-state index in [2.05, 4.69) is 24.1 Å². The molecular weight excluding hydrogens is 238 g/mol. The highest BCUT2D eigenvalue weighted by Gasteiger charge is 2.44. The molecule has 0 aromatic heterocycles. The van der Waals surface area contributed by atoms with Crippen molar-refractivity contribution in [3.63, 3.8) is 0 Å². The van der Waals surface area contributed by atoms with Crippen LogP contribution in [0.15, 0.2) is 30.3 Å². The number of para-hydroxylation sites is 1. The highest BCUT2D eigenvalue weighted by molar-refractivity contribution is 5.94. The summed E-state index contributed by atoms with van der Waals surface area (Å²) in [4.78, 5) is 14.3. The van der Waals surface area contributed by atoms with E-state index in [0.29, 0.717) is 5.92 Å². The molecule has 104 valence electrons. The van der Waals surface area contributed by atoms with Gasteiger partial charge in [0, 0.05) is 24.3 Å². The molecule has 4 heteroatoms. The van der Waals surface area contributed by atoms with E-state index in [0.717, 1.165) is 18.8 Å². The maximum atomic E-state index is 12.1. The molecule has 19 heavy (non-hydrogen) atoms. The first-order chi connectivity index (χ1) is 8.92. The molecule has 1 atom stereocenters. The molecule has 0 aliphatic carbocycles. The summed E-state index contributed by atoms with van der Waals surface area (Å²) < 4.78 is 0. The van der Waals surface area contributed by atoms with Gasteiger partial charge in [-0.05, 0) is 25.0 Å². The molecule has 1 fully saturated rings. The normalized spacial score (nSPS) is 19.8. The number of likely N-dealkylation sites (tertiary alicyclic amines) is 1. The van der Waals surface area contributed by atoms with Crippen LogP contribution >= 0.6 is 0 Å². The van der Waals surface area contributed by atoms with E-state index in [1.165, 1.54) is 0 Å². The van der Waals surface area contributed by atoms with E-state index in [4.69, 9.17) is 5.73 Å². The first-order valence-electron chi connectivity index (χ1n) is 6.81. The molecule has 1 aliphatic rings. The minimum Gasteiger partial charge on any atom is -0.325 e. The van der Waals surface area contributed by atoms with Gasteiger partial charge in [0.25, 0.3) is 0 Å². The van der Waals surface area contributed by atoms with Crippen molar-refractivity contribution in [1.29, 1.82) is 0 Å². The summed E-state index contributed by atoms with van der Waals surface area (Å²) in [5.41, 5.74) is 6.95. The molecule has 4 nitrogen and oxygen atoms in total. The monoisotopic (exact) mass is 261 g/mol. The van der Waals surface area contributed by atoms with Crippen molar-refractivity contribution in [3.05, 3.63) is 30.3 Å². The van der Waals surface area contributed by atoms with Crippen molar-refractivity contribution in [3.8, 4) is 0 Å². The molecule has 1 heterocycles. The Morgan fingerprint density at radius 2 is 1.84 bits per heavy atom. The van der Waals surface area contributed by atoms with E-state index < -0.39 is 0 Å². The zero-order chi connectivity index (χ0) is 14.0. The zero-order valence-electron chi connectivity index (χ0n) is 11.9. The summed E-state index contributed by atoms with van der Waals surface area (Å²) in [5, 5.41) is 2.93. The third-order valence-electron chi connectivity index (χ3n) is 4.11. The van der Waals surface area contributed by atoms with Crippen LogP contribution in [0.5, 0.6) is 0 Å². The maximum absolute atomic E-state index is 12.1. The predicted octanol–water partition coefficient (Wildman–Crippen LogP) is 1.68. The molecule has 1 aromatic carbocycles. The van der Waals surface area contributed by atoms with Gasteiger partial charge in [0.05, 0.1) is 6.04 Å². The third-order valence-corrected chi connectivity index (χ3v) is 4.11. The molecule has 3 N–H and O–H groups in total. The smallest absolute Gasteiger partial charge is 0.241 e. The summed E-state index contributed by atoms with van der Waals surface area (Å²) in [6.45, 7) is 7.76. The number of hydrogen-bond acceptors (Lipinski definition) is 3. The van der Waals surface area contributed by atoms with Crippen molar-refractivity contribution in [1.82, 2.24) is 4.90 Å². The standard InChI is InChI=1S/C15H23N3O/c1-11(2)15(16)9-18(10-15)12(3)14(19)17-13-7-5-4-6-8-13/h4-8,11-12H,9-10,16H2,1-3H3,(H,17,19). The van der Waals surface area contributed by atoms with Crippen molar-refractivity contribution in [2.45, 2.75) is 32.4 Å². The van der Waals surface area contributed by atoms with Gasteiger partial charge in [-0.1, -0.05) is 32.0 Å². The van der Waals surface area contributed by atoms with Crippen LogP contribution in [0, 0.1) is 5.92 Å². The number of carbonyl (C=O) groups excluding carboxylic acids is 1. The van der Waals surface area contributed by atoms with Crippen LogP contribution in [0.4, 0.5) is 5.69 Å². The number of amides is 1. The topological polar surface area (TPSA) is 58.4 Å². The fraction of sp³-hybridized carbons (Fsp3) is 0.533. The van der Waals surface area contributed by atoms with Crippen LogP contribution in [-0.4, -0.2) is 35.5 Å². The summed E-state index contributed by atoms with van der Waals surface area (Å²) in [7, 11) is 0. The third kappa shape index (κ3) is 2.96. The predicted molar refractivity (Wildman–Crippen MR) is 77.9 cm³/mol. The van der Waals surface area contributed by atoms with Crippen LogP contribution in [0.2, 0.25) is 0 Å². The lowest BCUT2D eigenvalue weighted by atomic mass is 9.79. The minimum absolute atomic E-state index is 0.0250. The van der Waals surface area contributed by atoms with Crippen LogP contribution < -0.4 is 11.1 Å². The molecule has 0 bridgehead atoms. The van der Waals surface area contributed by atoms with Gasteiger partial charge in [0.15, 0.2) is 0 Å². The van der Waals surface area contributed by atoms with Crippen LogP contribution in [0.25, 0.3) is 0 Å². The van der Waals surface area contributed by atoms with E-state index in [-0.39, 0.29) is 17.5 Å². The van der Waals surface area contributed by atoms with Gasteiger partial charge in [-0.3, -0.25) is 9.69 Å². The number of nitrogens with one attached hydrogen (secondary N) is 1. The Hall–Kier alpha value is -1.39.